The number of hydrogen-bond donors (Lipinski definition) is 2. The van der Waals surface area contributed by atoms with E-state index >= 15 is 0 Å². The summed E-state index contributed by atoms with van der Waals surface area (Å²) in [6, 6.07) is 1.65. The van der Waals surface area contributed by atoms with Crippen LogP contribution < -0.4 is 11.1 Å². The zero-order valence-corrected chi connectivity index (χ0v) is 19.3. The molecule has 0 aromatic carbocycles. The second kappa shape index (κ2) is 8.43. The topological polar surface area (TPSA) is 123 Å². The van der Waals surface area contributed by atoms with Gasteiger partial charge in [-0.15, -0.1) is 0 Å². The molecule has 1 saturated heterocycles. The minimum atomic E-state index is -0.643. The number of pyridine rings is 1. The van der Waals surface area contributed by atoms with Crippen LogP contribution in [0.15, 0.2) is 12.3 Å². The summed E-state index contributed by atoms with van der Waals surface area (Å²) in [5, 5.41) is 8.15. The van der Waals surface area contributed by atoms with Gasteiger partial charge < -0.3 is 16.0 Å². The van der Waals surface area contributed by atoms with Crippen molar-refractivity contribution in [1.29, 1.82) is 0 Å². The zero-order chi connectivity index (χ0) is 23.3. The Labute approximate surface area is 193 Å². The first-order chi connectivity index (χ1) is 15.9. The molecule has 1 aliphatic heterocycles. The van der Waals surface area contributed by atoms with E-state index in [0.717, 1.165) is 44.2 Å². The third-order valence-corrected chi connectivity index (χ3v) is 7.69. The highest BCUT2D eigenvalue weighted by Crippen LogP contribution is 2.48. The fourth-order valence-corrected chi connectivity index (χ4v) is 5.83. The Hall–Kier alpha value is -2.97. The number of nitrogens with one attached hydrogen (secondary N) is 1. The molecule has 3 fully saturated rings. The van der Waals surface area contributed by atoms with E-state index in [9.17, 15) is 14.4 Å². The molecule has 3 heterocycles. The number of carbonyl (C=O) groups excluding carboxylic acids is 3. The van der Waals surface area contributed by atoms with Crippen LogP contribution in [-0.2, 0) is 16.1 Å². The molecule has 5 rings (SSSR count). The van der Waals surface area contributed by atoms with Gasteiger partial charge in [-0.2, -0.15) is 5.10 Å². The molecule has 3 amide bonds. The lowest BCUT2D eigenvalue weighted by atomic mass is 9.84. The van der Waals surface area contributed by atoms with Crippen molar-refractivity contribution in [3.05, 3.63) is 23.7 Å². The predicted octanol–water partition coefficient (Wildman–Crippen LogP) is 1.91. The number of likely N-dealkylation sites (tertiary alicyclic amines) is 1. The van der Waals surface area contributed by atoms with Crippen molar-refractivity contribution in [2.24, 2.45) is 17.6 Å². The fourth-order valence-electron chi connectivity index (χ4n) is 5.83. The van der Waals surface area contributed by atoms with E-state index in [4.69, 9.17) is 5.73 Å². The minimum Gasteiger partial charge on any atom is -0.364 e. The van der Waals surface area contributed by atoms with Crippen molar-refractivity contribution in [2.75, 3.05) is 0 Å². The van der Waals surface area contributed by atoms with Crippen molar-refractivity contribution in [3.8, 4) is 0 Å². The molecule has 0 spiro atoms. The maximum atomic E-state index is 13.4. The summed E-state index contributed by atoms with van der Waals surface area (Å²) in [6.45, 7) is 3.98. The second-order valence-electron chi connectivity index (χ2n) is 9.98. The van der Waals surface area contributed by atoms with E-state index < -0.39 is 11.9 Å². The number of aryl methyl sites for hydroxylation is 1. The molecule has 3 N–H and O–H groups in total. The summed E-state index contributed by atoms with van der Waals surface area (Å²) in [7, 11) is 0. The molecule has 2 saturated carbocycles. The Morgan fingerprint density at radius 3 is 2.79 bits per heavy atom. The summed E-state index contributed by atoms with van der Waals surface area (Å²) < 4.78 is 1.49. The van der Waals surface area contributed by atoms with Crippen LogP contribution >= 0.6 is 0 Å². The summed E-state index contributed by atoms with van der Waals surface area (Å²) in [5.74, 6) is 0.243. The Balaban J connectivity index is 1.33. The summed E-state index contributed by atoms with van der Waals surface area (Å²) in [4.78, 5) is 44.5. The van der Waals surface area contributed by atoms with Gasteiger partial charge in [0.1, 0.15) is 12.6 Å². The van der Waals surface area contributed by atoms with Crippen LogP contribution in [0.1, 0.15) is 68.1 Å². The van der Waals surface area contributed by atoms with Gasteiger partial charge in [0.05, 0.1) is 11.7 Å². The first-order valence-electron chi connectivity index (χ1n) is 12.1. The van der Waals surface area contributed by atoms with Gasteiger partial charge in [0, 0.05) is 23.2 Å². The maximum Gasteiger partial charge on any atom is 0.269 e. The molecule has 176 valence electrons. The summed E-state index contributed by atoms with van der Waals surface area (Å²) in [6.07, 6.45) is 8.84. The highest BCUT2D eigenvalue weighted by Gasteiger charge is 2.56. The molecule has 2 aliphatic carbocycles. The molecular formula is C24H32N6O3. The number of primary amides is 1. The quantitative estimate of drug-likeness (QED) is 0.693. The SMILES string of the molecule is CC[C@H]1CCC[C@@H](NC(=O)[C@@H]2C[C@H]3C[C@H]3N2C(=O)Cn2nc(C(N)=O)c3cc(C)ncc32)C1. The van der Waals surface area contributed by atoms with Gasteiger partial charge in [-0.25, -0.2) is 0 Å². The van der Waals surface area contributed by atoms with Gasteiger partial charge in [0.25, 0.3) is 5.91 Å². The highest BCUT2D eigenvalue weighted by atomic mass is 16.2. The first-order valence-corrected chi connectivity index (χ1v) is 12.1. The number of nitrogens with two attached hydrogens (primary N) is 1. The van der Waals surface area contributed by atoms with Crippen molar-refractivity contribution < 1.29 is 14.4 Å². The third-order valence-electron chi connectivity index (χ3n) is 7.69. The monoisotopic (exact) mass is 452 g/mol. The van der Waals surface area contributed by atoms with Gasteiger partial charge in [0.15, 0.2) is 5.69 Å². The van der Waals surface area contributed by atoms with Crippen LogP contribution in [-0.4, -0.2) is 55.5 Å². The number of aromatic nitrogens is 3. The smallest absolute Gasteiger partial charge is 0.269 e. The van der Waals surface area contributed by atoms with E-state index in [1.807, 2.05) is 6.92 Å². The standard InChI is InChI=1S/C24H32N6O3/c1-3-14-5-4-6-16(8-14)27-24(33)19-10-15-9-18(15)30(19)21(31)12-29-20-11-26-13(2)7-17(20)22(28-29)23(25)32/h7,11,14-16,18-19H,3-6,8-10,12H2,1-2H3,(H2,25,32)(H,27,33)/t14-,15+,16+,18+,19-/m0/s1. The van der Waals surface area contributed by atoms with Crippen molar-refractivity contribution in [3.63, 3.8) is 0 Å². The van der Waals surface area contributed by atoms with E-state index in [0.29, 0.717) is 22.7 Å². The molecule has 9 heteroatoms. The normalized spacial score (nSPS) is 28.5. The Bertz CT molecular complexity index is 1110. The van der Waals surface area contributed by atoms with Crippen LogP contribution in [0.25, 0.3) is 10.9 Å². The number of hydrogen-bond acceptors (Lipinski definition) is 5. The number of rotatable bonds is 6. The number of nitrogens with zero attached hydrogens (tertiary/aromatic N) is 4. The maximum absolute atomic E-state index is 13.4. The van der Waals surface area contributed by atoms with Crippen LogP contribution in [0.5, 0.6) is 0 Å². The van der Waals surface area contributed by atoms with Crippen molar-refractivity contribution in [1.82, 2.24) is 25.0 Å². The van der Waals surface area contributed by atoms with Crippen LogP contribution in [0, 0.1) is 18.8 Å². The number of amides is 3. The lowest BCUT2D eigenvalue weighted by molar-refractivity contribution is -0.140. The van der Waals surface area contributed by atoms with Crippen LogP contribution in [0.4, 0.5) is 0 Å². The number of carbonyl (C=O) groups is 3. The van der Waals surface area contributed by atoms with E-state index in [-0.39, 0.29) is 36.1 Å². The molecule has 9 nitrogen and oxygen atoms in total. The fraction of sp³-hybridized carbons (Fsp3) is 0.625. The number of fused-ring (bicyclic) bond motifs is 2. The van der Waals surface area contributed by atoms with Crippen LogP contribution in [0.3, 0.4) is 0 Å². The van der Waals surface area contributed by atoms with Crippen molar-refractivity contribution >= 4 is 28.6 Å². The third kappa shape index (κ3) is 4.09. The molecule has 0 unspecified atom stereocenters. The van der Waals surface area contributed by atoms with E-state index in [1.54, 1.807) is 17.2 Å². The number of piperidine rings is 1. The average Bonchev–Trinajstić information content (AvgIpc) is 3.30. The zero-order valence-electron chi connectivity index (χ0n) is 19.3. The van der Waals surface area contributed by atoms with Crippen LogP contribution in [0.2, 0.25) is 0 Å². The first kappa shape index (κ1) is 21.9. The molecule has 3 aliphatic rings. The molecule has 0 bridgehead atoms. The van der Waals surface area contributed by atoms with Gasteiger partial charge in [-0.3, -0.25) is 24.0 Å². The van der Waals surface area contributed by atoms with Crippen molar-refractivity contribution in [2.45, 2.75) is 83.5 Å². The Morgan fingerprint density at radius 2 is 2.03 bits per heavy atom. The lowest BCUT2D eigenvalue weighted by Gasteiger charge is -2.32. The van der Waals surface area contributed by atoms with Gasteiger partial charge in [-0.05, 0) is 50.5 Å². The minimum absolute atomic E-state index is 0.0299. The van der Waals surface area contributed by atoms with E-state index in [1.165, 1.54) is 11.1 Å². The van der Waals surface area contributed by atoms with E-state index in [2.05, 4.69) is 22.3 Å². The van der Waals surface area contributed by atoms with Gasteiger partial charge >= 0.3 is 0 Å². The Kier molecular flexibility index (Phi) is 5.58. The molecule has 2 aromatic heterocycles. The average molecular weight is 453 g/mol. The lowest BCUT2D eigenvalue weighted by Crippen LogP contribution is -2.51. The molecule has 33 heavy (non-hydrogen) atoms. The summed E-state index contributed by atoms with van der Waals surface area (Å²) in [5.41, 5.74) is 6.97. The Morgan fingerprint density at radius 1 is 1.21 bits per heavy atom. The second-order valence-corrected chi connectivity index (χ2v) is 9.98. The molecule has 2 aromatic rings. The molecule has 0 radical (unpaired) electrons. The van der Waals surface area contributed by atoms with Gasteiger partial charge in [-0.1, -0.05) is 26.2 Å². The van der Waals surface area contributed by atoms with Gasteiger partial charge in [0.2, 0.25) is 11.8 Å². The predicted molar refractivity (Wildman–Crippen MR) is 122 cm³/mol. The molecular weight excluding hydrogens is 420 g/mol. The largest absolute Gasteiger partial charge is 0.364 e. The summed E-state index contributed by atoms with van der Waals surface area (Å²) >= 11 is 0. The molecule has 5 atom stereocenters. The highest BCUT2D eigenvalue weighted by molar-refractivity contribution is 6.04.